The fourth-order valence-corrected chi connectivity index (χ4v) is 3.09. The largest absolute Gasteiger partial charge is 0.468 e. The van der Waals surface area contributed by atoms with Crippen LogP contribution in [-0.4, -0.2) is 54.5 Å². The topological polar surface area (TPSA) is 127 Å². The van der Waals surface area contributed by atoms with Crippen molar-refractivity contribution in [3.05, 3.63) is 58.0 Å². The highest BCUT2D eigenvalue weighted by Gasteiger charge is 2.26. The minimum atomic E-state index is -0.895. The average molecular weight is 402 g/mol. The highest BCUT2D eigenvalue weighted by Crippen LogP contribution is 2.23. The number of non-ortho nitro benzene ring substituents is 1. The van der Waals surface area contributed by atoms with Crippen molar-refractivity contribution in [3.63, 3.8) is 0 Å². The minimum absolute atomic E-state index is 0.170. The second-order valence-electron chi connectivity index (χ2n) is 6.60. The molecule has 2 amide bonds. The van der Waals surface area contributed by atoms with Crippen molar-refractivity contribution < 1.29 is 23.7 Å². The summed E-state index contributed by atoms with van der Waals surface area (Å²) in [6.45, 7) is 4.38. The molecule has 10 nitrogen and oxygen atoms in total. The maximum absolute atomic E-state index is 12.3. The van der Waals surface area contributed by atoms with Gasteiger partial charge in [-0.3, -0.25) is 24.6 Å². The van der Waals surface area contributed by atoms with Crippen molar-refractivity contribution in [2.75, 3.05) is 38.2 Å². The molecule has 0 saturated carbocycles. The van der Waals surface area contributed by atoms with E-state index in [0.717, 1.165) is 0 Å². The van der Waals surface area contributed by atoms with Crippen LogP contribution in [0.1, 0.15) is 17.4 Å². The molecule has 1 aliphatic heterocycles. The highest BCUT2D eigenvalue weighted by molar-refractivity contribution is 6.39. The Morgan fingerprint density at radius 3 is 2.66 bits per heavy atom. The predicted octanol–water partition coefficient (Wildman–Crippen LogP) is 1.62. The van der Waals surface area contributed by atoms with Gasteiger partial charge < -0.3 is 19.8 Å². The first-order valence-corrected chi connectivity index (χ1v) is 9.15. The van der Waals surface area contributed by atoms with Crippen LogP contribution in [0, 0.1) is 17.0 Å². The summed E-state index contributed by atoms with van der Waals surface area (Å²) in [5, 5.41) is 16.0. The Morgan fingerprint density at radius 1 is 1.24 bits per heavy atom. The molecule has 1 aromatic carbocycles. The van der Waals surface area contributed by atoms with E-state index in [1.54, 1.807) is 19.3 Å². The Morgan fingerprint density at radius 2 is 2.00 bits per heavy atom. The van der Waals surface area contributed by atoms with Crippen molar-refractivity contribution in [2.24, 2.45) is 0 Å². The van der Waals surface area contributed by atoms with Gasteiger partial charge in [-0.15, -0.1) is 0 Å². The highest BCUT2D eigenvalue weighted by atomic mass is 16.6. The molecule has 154 valence electrons. The summed E-state index contributed by atoms with van der Waals surface area (Å²) in [4.78, 5) is 37.0. The molecule has 0 radical (unpaired) electrons. The molecule has 10 heteroatoms. The summed E-state index contributed by atoms with van der Waals surface area (Å²) in [5.41, 5.74) is 0.658. The molecule has 1 atom stereocenters. The van der Waals surface area contributed by atoms with Gasteiger partial charge in [0.05, 0.1) is 36.1 Å². The third-order valence-electron chi connectivity index (χ3n) is 4.70. The second-order valence-corrected chi connectivity index (χ2v) is 6.60. The number of nitrogens with zero attached hydrogens (tertiary/aromatic N) is 2. The van der Waals surface area contributed by atoms with Gasteiger partial charge in [0.25, 0.3) is 5.69 Å². The number of ether oxygens (including phenoxy) is 1. The fraction of sp³-hybridized carbons (Fsp3) is 0.368. The lowest BCUT2D eigenvalue weighted by Crippen LogP contribution is -2.45. The molecule has 1 unspecified atom stereocenters. The first-order valence-electron chi connectivity index (χ1n) is 9.15. The zero-order chi connectivity index (χ0) is 20.8. The Hall–Kier alpha value is -3.24. The van der Waals surface area contributed by atoms with Crippen molar-refractivity contribution in [1.29, 1.82) is 0 Å². The minimum Gasteiger partial charge on any atom is -0.468 e. The number of hydrogen-bond donors (Lipinski definition) is 2. The van der Waals surface area contributed by atoms with Crippen LogP contribution < -0.4 is 10.6 Å². The molecule has 0 aliphatic carbocycles. The number of nitro benzene ring substituents is 1. The number of aryl methyl sites for hydroxylation is 1. The van der Waals surface area contributed by atoms with Crippen LogP contribution in [0.4, 0.5) is 11.4 Å². The molecule has 2 heterocycles. The predicted molar refractivity (Wildman–Crippen MR) is 103 cm³/mol. The molecule has 1 fully saturated rings. The summed E-state index contributed by atoms with van der Waals surface area (Å²) in [5.74, 6) is -1.04. The van der Waals surface area contributed by atoms with Crippen molar-refractivity contribution in [1.82, 2.24) is 10.2 Å². The molecule has 2 aromatic rings. The number of carbonyl (C=O) groups excluding carboxylic acids is 2. The SMILES string of the molecule is Cc1ccc([N+](=O)[O-])cc1NC(=O)C(=O)NCC(c1ccco1)N1CCOCC1. The van der Waals surface area contributed by atoms with E-state index in [2.05, 4.69) is 15.5 Å². The van der Waals surface area contributed by atoms with Gasteiger partial charge >= 0.3 is 11.8 Å². The van der Waals surface area contributed by atoms with Crippen LogP contribution >= 0.6 is 0 Å². The Bertz CT molecular complexity index is 877. The van der Waals surface area contributed by atoms with Crippen molar-refractivity contribution in [3.8, 4) is 0 Å². The monoisotopic (exact) mass is 402 g/mol. The zero-order valence-corrected chi connectivity index (χ0v) is 15.9. The third kappa shape index (κ3) is 5.18. The van der Waals surface area contributed by atoms with Gasteiger partial charge in [-0.25, -0.2) is 0 Å². The number of benzene rings is 1. The molecule has 1 saturated heterocycles. The Kier molecular flexibility index (Phi) is 6.57. The summed E-state index contributed by atoms with van der Waals surface area (Å²) < 4.78 is 10.9. The summed E-state index contributed by atoms with van der Waals surface area (Å²) in [7, 11) is 0. The number of anilines is 1. The van der Waals surface area contributed by atoms with Gasteiger partial charge in [-0.1, -0.05) is 6.07 Å². The average Bonchev–Trinajstić information content (AvgIpc) is 3.24. The van der Waals surface area contributed by atoms with Gasteiger partial charge in [-0.05, 0) is 24.6 Å². The van der Waals surface area contributed by atoms with Crippen LogP contribution in [0.2, 0.25) is 0 Å². The molecule has 29 heavy (non-hydrogen) atoms. The van der Waals surface area contributed by atoms with E-state index in [9.17, 15) is 19.7 Å². The second kappa shape index (κ2) is 9.30. The standard InChI is InChI=1S/C19H22N4O6/c1-13-4-5-14(23(26)27)11-15(13)21-19(25)18(24)20-12-16(17-3-2-8-29-17)22-6-9-28-10-7-22/h2-5,8,11,16H,6-7,9-10,12H2,1H3,(H,20,24)(H,21,25). The number of nitro groups is 1. The number of rotatable bonds is 6. The molecule has 2 N–H and O–H groups in total. The first-order chi connectivity index (χ1) is 14.0. The number of furan rings is 1. The van der Waals surface area contributed by atoms with E-state index in [-0.39, 0.29) is 24.0 Å². The van der Waals surface area contributed by atoms with Gasteiger partial charge in [0, 0.05) is 31.8 Å². The van der Waals surface area contributed by atoms with E-state index in [1.807, 2.05) is 6.07 Å². The van der Waals surface area contributed by atoms with Crippen molar-refractivity contribution >= 4 is 23.2 Å². The normalized spacial score (nSPS) is 15.5. The number of carbonyl (C=O) groups is 2. The van der Waals surface area contributed by atoms with Crippen LogP contribution in [-0.2, 0) is 14.3 Å². The van der Waals surface area contributed by atoms with Crippen LogP contribution in [0.3, 0.4) is 0 Å². The van der Waals surface area contributed by atoms with Gasteiger partial charge in [0.1, 0.15) is 5.76 Å². The van der Waals surface area contributed by atoms with E-state index in [1.165, 1.54) is 18.2 Å². The van der Waals surface area contributed by atoms with Gasteiger partial charge in [-0.2, -0.15) is 0 Å². The molecule has 0 bridgehead atoms. The van der Waals surface area contributed by atoms with E-state index >= 15 is 0 Å². The molecule has 0 spiro atoms. The third-order valence-corrected chi connectivity index (χ3v) is 4.70. The Balaban J connectivity index is 1.63. The maximum Gasteiger partial charge on any atom is 0.313 e. The zero-order valence-electron chi connectivity index (χ0n) is 15.9. The number of morpholine rings is 1. The molecular weight excluding hydrogens is 380 g/mol. The van der Waals surface area contributed by atoms with Gasteiger partial charge in [0.15, 0.2) is 0 Å². The molecule has 1 aliphatic rings. The lowest BCUT2D eigenvalue weighted by molar-refractivity contribution is -0.384. The van der Waals surface area contributed by atoms with Crippen LogP contribution in [0.5, 0.6) is 0 Å². The summed E-state index contributed by atoms with van der Waals surface area (Å²) in [6.07, 6.45) is 1.56. The molecule has 3 rings (SSSR count). The van der Waals surface area contributed by atoms with E-state index in [4.69, 9.17) is 9.15 Å². The number of hydrogen-bond acceptors (Lipinski definition) is 7. The van der Waals surface area contributed by atoms with E-state index < -0.39 is 16.7 Å². The fourth-order valence-electron chi connectivity index (χ4n) is 3.09. The maximum atomic E-state index is 12.3. The van der Waals surface area contributed by atoms with Gasteiger partial charge in [0.2, 0.25) is 0 Å². The lowest BCUT2D eigenvalue weighted by Gasteiger charge is -2.33. The Labute approximate surface area is 167 Å². The van der Waals surface area contributed by atoms with Crippen LogP contribution in [0.25, 0.3) is 0 Å². The summed E-state index contributed by atoms with van der Waals surface area (Å²) >= 11 is 0. The van der Waals surface area contributed by atoms with E-state index in [0.29, 0.717) is 37.6 Å². The number of nitrogens with one attached hydrogen (secondary N) is 2. The molecular formula is C19H22N4O6. The first kappa shape index (κ1) is 20.5. The number of amides is 2. The van der Waals surface area contributed by atoms with Crippen molar-refractivity contribution in [2.45, 2.75) is 13.0 Å². The quantitative estimate of drug-likeness (QED) is 0.427. The summed E-state index contributed by atoms with van der Waals surface area (Å²) in [6, 6.07) is 7.42. The van der Waals surface area contributed by atoms with Crippen LogP contribution in [0.15, 0.2) is 41.0 Å². The lowest BCUT2D eigenvalue weighted by atomic mass is 10.1. The molecule has 1 aromatic heterocycles. The smallest absolute Gasteiger partial charge is 0.313 e.